The lowest BCUT2D eigenvalue weighted by molar-refractivity contribution is -0.122. The van der Waals surface area contributed by atoms with E-state index in [2.05, 4.69) is 43.3 Å². The zero-order valence-corrected chi connectivity index (χ0v) is 16.1. The molecule has 1 aromatic carbocycles. The number of halogens is 1. The molecular formula is C16H18BrN5O2S. The monoisotopic (exact) mass is 423 g/mol. The zero-order valence-electron chi connectivity index (χ0n) is 13.7. The van der Waals surface area contributed by atoms with E-state index < -0.39 is 0 Å². The number of carbonyl (C=O) groups excluding carboxylic acids is 2. The summed E-state index contributed by atoms with van der Waals surface area (Å²) in [6, 6.07) is 7.27. The molecule has 0 radical (unpaired) electrons. The average Bonchev–Trinajstić information content (AvgIpc) is 2.94. The third kappa shape index (κ3) is 5.71. The van der Waals surface area contributed by atoms with E-state index in [0.29, 0.717) is 17.4 Å². The van der Waals surface area contributed by atoms with Gasteiger partial charge in [-0.3, -0.25) is 9.59 Å². The van der Waals surface area contributed by atoms with Crippen LogP contribution in [0.4, 0.5) is 5.69 Å². The number of para-hydroxylation sites is 1. The predicted octanol–water partition coefficient (Wildman–Crippen LogP) is 2.38. The molecular weight excluding hydrogens is 406 g/mol. The van der Waals surface area contributed by atoms with Crippen molar-refractivity contribution in [3.05, 3.63) is 47.2 Å². The molecule has 1 aromatic heterocycles. The van der Waals surface area contributed by atoms with E-state index in [1.54, 1.807) is 12.1 Å². The Kier molecular flexibility index (Phi) is 7.20. The largest absolute Gasteiger partial charge is 0.346 e. The summed E-state index contributed by atoms with van der Waals surface area (Å²) in [7, 11) is 0. The van der Waals surface area contributed by atoms with Crippen LogP contribution in [0, 0.1) is 6.92 Å². The molecule has 0 aliphatic rings. The first kappa shape index (κ1) is 19.2. The first-order chi connectivity index (χ1) is 12.0. The minimum Gasteiger partial charge on any atom is -0.346 e. The summed E-state index contributed by atoms with van der Waals surface area (Å²) >= 11 is 4.61. The number of hydrogen-bond acceptors (Lipinski definition) is 5. The second-order valence-electron chi connectivity index (χ2n) is 5.02. The van der Waals surface area contributed by atoms with Gasteiger partial charge in [0.15, 0.2) is 5.16 Å². The van der Waals surface area contributed by atoms with Gasteiger partial charge in [-0.15, -0.1) is 16.8 Å². The molecule has 0 spiro atoms. The summed E-state index contributed by atoms with van der Waals surface area (Å²) < 4.78 is 2.65. The van der Waals surface area contributed by atoms with Crippen LogP contribution in [-0.4, -0.2) is 38.9 Å². The van der Waals surface area contributed by atoms with Crippen LogP contribution in [-0.2, 0) is 16.1 Å². The SMILES string of the molecule is C=CCn1c(C)nnc1SCC(=O)NCC(=O)Nc1ccccc1Br. The number of nitrogens with one attached hydrogen (secondary N) is 2. The Morgan fingerprint density at radius 1 is 1.32 bits per heavy atom. The van der Waals surface area contributed by atoms with Crippen molar-refractivity contribution < 1.29 is 9.59 Å². The molecule has 0 atom stereocenters. The minimum absolute atomic E-state index is 0.0981. The fraction of sp³-hybridized carbons (Fsp3) is 0.250. The van der Waals surface area contributed by atoms with Crippen molar-refractivity contribution in [2.45, 2.75) is 18.6 Å². The summed E-state index contributed by atoms with van der Waals surface area (Å²) in [5, 5.41) is 14.0. The van der Waals surface area contributed by atoms with Gasteiger partial charge in [0.2, 0.25) is 11.8 Å². The number of benzene rings is 1. The van der Waals surface area contributed by atoms with Crippen LogP contribution in [0.3, 0.4) is 0 Å². The summed E-state index contributed by atoms with van der Waals surface area (Å²) in [6.45, 7) is 6.01. The third-order valence-corrected chi connectivity index (χ3v) is 4.80. The molecule has 7 nitrogen and oxygen atoms in total. The molecule has 2 N–H and O–H groups in total. The van der Waals surface area contributed by atoms with Crippen LogP contribution in [0.25, 0.3) is 0 Å². The van der Waals surface area contributed by atoms with Crippen LogP contribution in [0.15, 0.2) is 46.5 Å². The second-order valence-corrected chi connectivity index (χ2v) is 6.82. The van der Waals surface area contributed by atoms with Crippen LogP contribution in [0.1, 0.15) is 5.82 Å². The van der Waals surface area contributed by atoms with E-state index in [1.807, 2.05) is 29.7 Å². The molecule has 0 saturated heterocycles. The van der Waals surface area contributed by atoms with Crippen molar-refractivity contribution in [2.75, 3.05) is 17.6 Å². The van der Waals surface area contributed by atoms with Gasteiger partial charge in [-0.25, -0.2) is 0 Å². The fourth-order valence-electron chi connectivity index (χ4n) is 1.92. The van der Waals surface area contributed by atoms with E-state index in [4.69, 9.17) is 0 Å². The molecule has 2 aromatic rings. The van der Waals surface area contributed by atoms with Crippen molar-refractivity contribution >= 4 is 45.2 Å². The number of carbonyl (C=O) groups is 2. The van der Waals surface area contributed by atoms with Gasteiger partial charge in [-0.05, 0) is 35.0 Å². The summed E-state index contributed by atoms with van der Waals surface area (Å²) in [5.41, 5.74) is 0.657. The second kappa shape index (κ2) is 9.38. The van der Waals surface area contributed by atoms with E-state index in [0.717, 1.165) is 10.3 Å². The van der Waals surface area contributed by atoms with Crippen LogP contribution in [0.5, 0.6) is 0 Å². The van der Waals surface area contributed by atoms with E-state index in [9.17, 15) is 9.59 Å². The van der Waals surface area contributed by atoms with Gasteiger partial charge in [0, 0.05) is 11.0 Å². The Morgan fingerprint density at radius 3 is 2.80 bits per heavy atom. The van der Waals surface area contributed by atoms with Gasteiger partial charge >= 0.3 is 0 Å². The Morgan fingerprint density at radius 2 is 2.08 bits per heavy atom. The van der Waals surface area contributed by atoms with E-state index in [1.165, 1.54) is 11.8 Å². The molecule has 2 amide bonds. The van der Waals surface area contributed by atoms with Crippen molar-refractivity contribution in [1.82, 2.24) is 20.1 Å². The molecule has 0 bridgehead atoms. The van der Waals surface area contributed by atoms with Gasteiger partial charge in [-0.2, -0.15) is 0 Å². The van der Waals surface area contributed by atoms with Gasteiger partial charge in [-0.1, -0.05) is 30.0 Å². The van der Waals surface area contributed by atoms with Gasteiger partial charge in [0.05, 0.1) is 18.0 Å². The van der Waals surface area contributed by atoms with E-state index in [-0.39, 0.29) is 24.1 Å². The number of thioether (sulfide) groups is 1. The number of allylic oxidation sites excluding steroid dienone is 1. The maximum absolute atomic E-state index is 11.9. The van der Waals surface area contributed by atoms with Crippen molar-refractivity contribution in [2.24, 2.45) is 0 Å². The maximum atomic E-state index is 11.9. The number of anilines is 1. The highest BCUT2D eigenvalue weighted by molar-refractivity contribution is 9.10. The van der Waals surface area contributed by atoms with Crippen molar-refractivity contribution in [3.63, 3.8) is 0 Å². The van der Waals surface area contributed by atoms with Crippen LogP contribution >= 0.6 is 27.7 Å². The number of aromatic nitrogens is 3. The van der Waals surface area contributed by atoms with Crippen molar-refractivity contribution in [1.29, 1.82) is 0 Å². The summed E-state index contributed by atoms with van der Waals surface area (Å²) in [5.74, 6) is 0.363. The molecule has 132 valence electrons. The highest BCUT2D eigenvalue weighted by Gasteiger charge is 2.12. The minimum atomic E-state index is -0.295. The smallest absolute Gasteiger partial charge is 0.243 e. The first-order valence-corrected chi connectivity index (χ1v) is 9.23. The molecule has 0 fully saturated rings. The number of aryl methyl sites for hydroxylation is 1. The number of hydrogen-bond donors (Lipinski definition) is 2. The normalized spacial score (nSPS) is 10.3. The number of nitrogens with zero attached hydrogens (tertiary/aromatic N) is 3. The Bertz CT molecular complexity index is 778. The quantitative estimate of drug-likeness (QED) is 0.502. The van der Waals surface area contributed by atoms with E-state index >= 15 is 0 Å². The standard InChI is InChI=1S/C16H18BrN5O2S/c1-3-8-22-11(2)20-21-16(22)25-10-15(24)18-9-14(23)19-13-7-5-4-6-12(13)17/h3-7H,1,8-10H2,2H3,(H,18,24)(H,19,23). The number of amides is 2. The van der Waals surface area contributed by atoms with Gasteiger partial charge in [0.1, 0.15) is 5.82 Å². The molecule has 0 unspecified atom stereocenters. The Labute approximate surface area is 158 Å². The molecule has 0 aliphatic heterocycles. The topological polar surface area (TPSA) is 88.9 Å². The Balaban J connectivity index is 1.78. The molecule has 1 heterocycles. The Hall–Kier alpha value is -2.13. The van der Waals surface area contributed by atoms with Crippen LogP contribution < -0.4 is 10.6 Å². The molecule has 25 heavy (non-hydrogen) atoms. The highest BCUT2D eigenvalue weighted by atomic mass is 79.9. The molecule has 0 saturated carbocycles. The average molecular weight is 424 g/mol. The van der Waals surface area contributed by atoms with Crippen LogP contribution in [0.2, 0.25) is 0 Å². The lowest BCUT2D eigenvalue weighted by atomic mass is 10.3. The molecule has 2 rings (SSSR count). The summed E-state index contributed by atoms with van der Waals surface area (Å²) in [6.07, 6.45) is 1.74. The zero-order chi connectivity index (χ0) is 18.2. The highest BCUT2D eigenvalue weighted by Crippen LogP contribution is 2.21. The summed E-state index contributed by atoms with van der Waals surface area (Å²) in [4.78, 5) is 23.8. The predicted molar refractivity (Wildman–Crippen MR) is 101 cm³/mol. The van der Waals surface area contributed by atoms with Gasteiger partial charge < -0.3 is 15.2 Å². The first-order valence-electron chi connectivity index (χ1n) is 7.46. The maximum Gasteiger partial charge on any atom is 0.243 e. The lowest BCUT2D eigenvalue weighted by Crippen LogP contribution is -2.34. The lowest BCUT2D eigenvalue weighted by Gasteiger charge is -2.08. The molecule has 9 heteroatoms. The molecule has 0 aliphatic carbocycles. The fourth-order valence-corrected chi connectivity index (χ4v) is 3.13. The number of rotatable bonds is 8. The van der Waals surface area contributed by atoms with Gasteiger partial charge in [0.25, 0.3) is 0 Å². The van der Waals surface area contributed by atoms with Crippen molar-refractivity contribution in [3.8, 4) is 0 Å². The third-order valence-electron chi connectivity index (χ3n) is 3.14.